The Kier molecular flexibility index (Phi) is 4.22. The van der Waals surface area contributed by atoms with Crippen LogP contribution in [0.4, 0.5) is 5.95 Å². The van der Waals surface area contributed by atoms with E-state index >= 15 is 0 Å². The van der Waals surface area contributed by atoms with Crippen LogP contribution in [-0.4, -0.2) is 45.2 Å². The molecule has 0 bridgehead atoms. The molecule has 0 aliphatic carbocycles. The lowest BCUT2D eigenvalue weighted by molar-refractivity contribution is -0.148. The molecule has 1 saturated heterocycles. The lowest BCUT2D eigenvalue weighted by atomic mass is 9.97. The van der Waals surface area contributed by atoms with E-state index in [1.807, 2.05) is 24.3 Å². The van der Waals surface area contributed by atoms with E-state index in [1.165, 1.54) is 5.56 Å². The third-order valence-electron chi connectivity index (χ3n) is 5.04. The third-order valence-corrected chi connectivity index (χ3v) is 5.04. The van der Waals surface area contributed by atoms with Crippen molar-refractivity contribution < 1.29 is 9.53 Å². The predicted octanol–water partition coefficient (Wildman–Crippen LogP) is 2.67. The highest BCUT2D eigenvalue weighted by atomic mass is 16.5. The lowest BCUT2D eigenvalue weighted by Gasteiger charge is -2.32. The molecule has 26 heavy (non-hydrogen) atoms. The number of esters is 1. The fourth-order valence-corrected chi connectivity index (χ4v) is 3.65. The normalized spacial score (nSPS) is 15.7. The molecule has 3 heterocycles. The predicted molar refractivity (Wildman–Crippen MR) is 99.3 cm³/mol. The van der Waals surface area contributed by atoms with Crippen LogP contribution < -0.4 is 4.90 Å². The van der Waals surface area contributed by atoms with Gasteiger partial charge in [-0.05, 0) is 45.7 Å². The van der Waals surface area contributed by atoms with E-state index in [0.29, 0.717) is 6.61 Å². The Morgan fingerprint density at radius 3 is 2.73 bits per heavy atom. The minimum Gasteiger partial charge on any atom is -0.466 e. The fraction of sp³-hybridized carbons (Fsp3) is 0.474. The van der Waals surface area contributed by atoms with Gasteiger partial charge in [0.2, 0.25) is 5.95 Å². The van der Waals surface area contributed by atoms with Gasteiger partial charge in [0, 0.05) is 18.5 Å². The highest BCUT2D eigenvalue weighted by Gasteiger charge is 2.28. The topological polar surface area (TPSA) is 72.6 Å². The second-order valence-electron chi connectivity index (χ2n) is 6.85. The largest absolute Gasteiger partial charge is 0.466 e. The number of fused-ring (bicyclic) bond motifs is 3. The second-order valence-corrected chi connectivity index (χ2v) is 6.85. The van der Waals surface area contributed by atoms with E-state index in [-0.39, 0.29) is 11.9 Å². The van der Waals surface area contributed by atoms with Gasteiger partial charge in [-0.1, -0.05) is 11.6 Å². The maximum atomic E-state index is 12.0. The van der Waals surface area contributed by atoms with Crippen molar-refractivity contribution >= 4 is 28.5 Å². The smallest absolute Gasteiger partial charge is 0.309 e. The van der Waals surface area contributed by atoms with Gasteiger partial charge in [0.15, 0.2) is 5.65 Å². The minimum atomic E-state index is -0.0836. The van der Waals surface area contributed by atoms with Crippen LogP contribution in [0.3, 0.4) is 0 Å². The Bertz CT molecular complexity index is 973. The van der Waals surface area contributed by atoms with Crippen molar-refractivity contribution in [2.24, 2.45) is 5.92 Å². The molecule has 0 atom stereocenters. The standard InChI is InChI=1S/C19H23N5O2/c1-4-26-18(25)14-7-9-23(10-8-14)19-20-16-6-5-12(2)11-15(16)17-22-21-13(3)24(17)19/h5-6,11,14H,4,7-10H2,1-3H3. The summed E-state index contributed by atoms with van der Waals surface area (Å²) in [7, 11) is 0. The Hall–Kier alpha value is -2.70. The SMILES string of the molecule is CCOC(=O)C1CCN(c2nc3ccc(C)cc3c3nnc(C)n23)CC1. The van der Waals surface area contributed by atoms with Crippen molar-refractivity contribution in [2.45, 2.75) is 33.6 Å². The number of benzene rings is 1. The molecule has 136 valence electrons. The highest BCUT2D eigenvalue weighted by Crippen LogP contribution is 2.28. The first-order chi connectivity index (χ1) is 12.6. The maximum Gasteiger partial charge on any atom is 0.309 e. The number of nitrogens with zero attached hydrogens (tertiary/aromatic N) is 5. The molecule has 1 aliphatic heterocycles. The van der Waals surface area contributed by atoms with Crippen molar-refractivity contribution in [1.82, 2.24) is 19.6 Å². The fourth-order valence-electron chi connectivity index (χ4n) is 3.65. The van der Waals surface area contributed by atoms with Gasteiger partial charge in [0.05, 0.1) is 18.0 Å². The van der Waals surface area contributed by atoms with Gasteiger partial charge in [-0.15, -0.1) is 10.2 Å². The first-order valence-electron chi connectivity index (χ1n) is 9.12. The van der Waals surface area contributed by atoms with Gasteiger partial charge >= 0.3 is 5.97 Å². The van der Waals surface area contributed by atoms with Gasteiger partial charge in [-0.2, -0.15) is 0 Å². The van der Waals surface area contributed by atoms with Gasteiger partial charge in [-0.3, -0.25) is 4.79 Å². The third kappa shape index (κ3) is 2.77. The zero-order valence-corrected chi connectivity index (χ0v) is 15.4. The van der Waals surface area contributed by atoms with E-state index in [9.17, 15) is 4.79 Å². The van der Waals surface area contributed by atoms with Crippen LogP contribution in [0.15, 0.2) is 18.2 Å². The molecule has 4 rings (SSSR count). The Labute approximate surface area is 152 Å². The van der Waals surface area contributed by atoms with Crippen LogP contribution in [0.2, 0.25) is 0 Å². The molecular formula is C19H23N5O2. The molecular weight excluding hydrogens is 330 g/mol. The Morgan fingerprint density at radius 2 is 2.00 bits per heavy atom. The average Bonchev–Trinajstić information content (AvgIpc) is 3.04. The van der Waals surface area contributed by atoms with Gasteiger partial charge < -0.3 is 9.64 Å². The summed E-state index contributed by atoms with van der Waals surface area (Å²) in [5.41, 5.74) is 2.92. The number of carbonyl (C=O) groups is 1. The van der Waals surface area contributed by atoms with Crippen LogP contribution in [0, 0.1) is 19.8 Å². The van der Waals surface area contributed by atoms with Crippen molar-refractivity contribution in [3.8, 4) is 0 Å². The molecule has 0 saturated carbocycles. The first-order valence-corrected chi connectivity index (χ1v) is 9.12. The first kappa shape index (κ1) is 16.8. The summed E-state index contributed by atoms with van der Waals surface area (Å²) < 4.78 is 7.19. The number of hydrogen-bond donors (Lipinski definition) is 0. The molecule has 3 aromatic rings. The molecule has 0 N–H and O–H groups in total. The van der Waals surface area contributed by atoms with Crippen molar-refractivity contribution in [3.63, 3.8) is 0 Å². The molecule has 1 aromatic carbocycles. The van der Waals surface area contributed by atoms with Crippen molar-refractivity contribution in [1.29, 1.82) is 0 Å². The number of aromatic nitrogens is 4. The molecule has 0 unspecified atom stereocenters. The number of aryl methyl sites for hydroxylation is 2. The van der Waals surface area contributed by atoms with E-state index < -0.39 is 0 Å². The van der Waals surface area contributed by atoms with Crippen molar-refractivity contribution in [2.75, 3.05) is 24.6 Å². The summed E-state index contributed by atoms with van der Waals surface area (Å²) >= 11 is 0. The number of hydrogen-bond acceptors (Lipinski definition) is 6. The maximum absolute atomic E-state index is 12.0. The van der Waals surface area contributed by atoms with E-state index in [4.69, 9.17) is 9.72 Å². The van der Waals surface area contributed by atoms with Gasteiger partial charge in [-0.25, -0.2) is 9.38 Å². The van der Waals surface area contributed by atoms with Crippen molar-refractivity contribution in [3.05, 3.63) is 29.6 Å². The van der Waals surface area contributed by atoms with Gasteiger partial charge in [0.25, 0.3) is 0 Å². The second kappa shape index (κ2) is 6.55. The summed E-state index contributed by atoms with van der Waals surface area (Å²) in [4.78, 5) is 19.1. The molecule has 1 fully saturated rings. The Morgan fingerprint density at radius 1 is 1.23 bits per heavy atom. The van der Waals surface area contributed by atoms with Crippen LogP contribution in [0.5, 0.6) is 0 Å². The average molecular weight is 353 g/mol. The summed E-state index contributed by atoms with van der Waals surface area (Å²) in [5, 5.41) is 9.66. The van der Waals surface area contributed by atoms with E-state index in [1.54, 1.807) is 0 Å². The molecule has 0 amide bonds. The molecule has 7 heteroatoms. The Balaban J connectivity index is 1.71. The zero-order chi connectivity index (χ0) is 18.3. The van der Waals surface area contributed by atoms with Crippen LogP contribution in [0.1, 0.15) is 31.2 Å². The molecule has 1 aliphatic rings. The van der Waals surface area contributed by atoms with Crippen LogP contribution >= 0.6 is 0 Å². The molecule has 0 spiro atoms. The summed E-state index contributed by atoms with van der Waals surface area (Å²) in [6, 6.07) is 6.19. The van der Waals surface area contributed by atoms with E-state index in [2.05, 4.69) is 34.2 Å². The molecule has 7 nitrogen and oxygen atoms in total. The highest BCUT2D eigenvalue weighted by molar-refractivity contribution is 5.93. The minimum absolute atomic E-state index is 0.0215. The summed E-state index contributed by atoms with van der Waals surface area (Å²) in [6.45, 7) is 7.82. The number of ether oxygens (including phenoxy) is 1. The van der Waals surface area contributed by atoms with E-state index in [0.717, 1.165) is 54.3 Å². The zero-order valence-electron chi connectivity index (χ0n) is 15.4. The monoisotopic (exact) mass is 353 g/mol. The van der Waals surface area contributed by atoms with Crippen LogP contribution in [-0.2, 0) is 9.53 Å². The lowest BCUT2D eigenvalue weighted by Crippen LogP contribution is -2.38. The number of rotatable bonds is 3. The quantitative estimate of drug-likeness (QED) is 0.674. The van der Waals surface area contributed by atoms with Gasteiger partial charge in [0.1, 0.15) is 5.82 Å². The molecule has 2 aromatic heterocycles. The number of carbonyl (C=O) groups excluding carboxylic acids is 1. The number of piperidine rings is 1. The summed E-state index contributed by atoms with van der Waals surface area (Å²) in [5.74, 6) is 1.56. The number of anilines is 1. The molecule has 0 radical (unpaired) electrons. The van der Waals surface area contributed by atoms with Crippen LogP contribution in [0.25, 0.3) is 16.6 Å². The summed E-state index contributed by atoms with van der Waals surface area (Å²) in [6.07, 6.45) is 1.55.